The van der Waals surface area contributed by atoms with Gasteiger partial charge in [-0.2, -0.15) is 0 Å². The van der Waals surface area contributed by atoms with Crippen molar-refractivity contribution in [2.45, 2.75) is 32.6 Å². The van der Waals surface area contributed by atoms with Crippen LogP contribution in [0, 0.1) is 5.92 Å². The molecule has 0 aromatic rings. The Kier molecular flexibility index (Phi) is 2.20. The summed E-state index contributed by atoms with van der Waals surface area (Å²) in [5.41, 5.74) is 0. The third-order valence-electron chi connectivity index (χ3n) is 2.06. The van der Waals surface area contributed by atoms with Crippen molar-refractivity contribution in [1.82, 2.24) is 0 Å². The van der Waals surface area contributed by atoms with Gasteiger partial charge < -0.3 is 0 Å². The van der Waals surface area contributed by atoms with Crippen molar-refractivity contribution < 1.29 is 9.59 Å². The molecule has 0 unspecified atom stereocenters. The van der Waals surface area contributed by atoms with E-state index in [0.717, 1.165) is 12.8 Å². The van der Waals surface area contributed by atoms with E-state index in [1.165, 1.54) is 0 Å². The summed E-state index contributed by atoms with van der Waals surface area (Å²) in [6.45, 7) is 1.57. The summed E-state index contributed by atoms with van der Waals surface area (Å²) >= 11 is 0. The Bertz CT molecular complexity index is 159. The van der Waals surface area contributed by atoms with Crippen LogP contribution >= 0.6 is 0 Å². The first-order valence-electron chi connectivity index (χ1n) is 3.72. The molecule has 0 N–H and O–H groups in total. The highest BCUT2D eigenvalue weighted by Gasteiger charge is 2.22. The predicted octanol–water partition coefficient (Wildman–Crippen LogP) is 1.33. The number of ketones is 2. The number of carbonyl (C=O) groups is 2. The van der Waals surface area contributed by atoms with E-state index >= 15 is 0 Å². The topological polar surface area (TPSA) is 34.1 Å². The van der Waals surface area contributed by atoms with Gasteiger partial charge in [-0.15, -0.1) is 0 Å². The summed E-state index contributed by atoms with van der Waals surface area (Å²) in [7, 11) is 0. The van der Waals surface area contributed by atoms with Gasteiger partial charge in [0.2, 0.25) is 0 Å². The van der Waals surface area contributed by atoms with Gasteiger partial charge in [0.05, 0.1) is 0 Å². The van der Waals surface area contributed by atoms with Crippen LogP contribution in [0.4, 0.5) is 0 Å². The van der Waals surface area contributed by atoms with Gasteiger partial charge in [0.15, 0.2) is 0 Å². The Labute approximate surface area is 60.6 Å². The van der Waals surface area contributed by atoms with Gasteiger partial charge in [-0.3, -0.25) is 9.59 Å². The fourth-order valence-corrected chi connectivity index (χ4v) is 1.37. The molecule has 0 bridgehead atoms. The Morgan fingerprint density at radius 2 is 2.30 bits per heavy atom. The quantitative estimate of drug-likeness (QED) is 0.550. The van der Waals surface area contributed by atoms with E-state index in [1.807, 2.05) is 0 Å². The number of hydrogen-bond acceptors (Lipinski definition) is 2. The lowest BCUT2D eigenvalue weighted by Crippen LogP contribution is -2.20. The molecule has 0 aromatic heterocycles. The van der Waals surface area contributed by atoms with Crippen molar-refractivity contribution in [3.8, 4) is 0 Å². The molecule has 1 fully saturated rings. The fraction of sp³-hybridized carbons (Fsp3) is 0.750. The Balaban J connectivity index is 2.47. The van der Waals surface area contributed by atoms with Gasteiger partial charge >= 0.3 is 0 Å². The van der Waals surface area contributed by atoms with Gasteiger partial charge in [-0.25, -0.2) is 0 Å². The van der Waals surface area contributed by atoms with Crippen molar-refractivity contribution in [2.75, 3.05) is 0 Å². The van der Waals surface area contributed by atoms with Crippen molar-refractivity contribution in [2.24, 2.45) is 5.92 Å². The van der Waals surface area contributed by atoms with E-state index in [0.29, 0.717) is 12.8 Å². The molecule has 0 radical (unpaired) electrons. The molecule has 1 saturated carbocycles. The maximum atomic E-state index is 10.8. The molecule has 0 aliphatic heterocycles. The zero-order valence-corrected chi connectivity index (χ0v) is 6.22. The van der Waals surface area contributed by atoms with Gasteiger partial charge in [0.1, 0.15) is 11.6 Å². The molecular weight excluding hydrogens is 128 g/mol. The van der Waals surface area contributed by atoms with Crippen LogP contribution in [0.3, 0.4) is 0 Å². The first-order valence-corrected chi connectivity index (χ1v) is 3.72. The third kappa shape index (κ3) is 1.66. The second-order valence-electron chi connectivity index (χ2n) is 2.94. The Morgan fingerprint density at radius 3 is 2.70 bits per heavy atom. The minimum absolute atomic E-state index is 0.0428. The third-order valence-corrected chi connectivity index (χ3v) is 2.06. The zero-order valence-electron chi connectivity index (χ0n) is 6.22. The minimum atomic E-state index is 0.0428. The lowest BCUT2D eigenvalue weighted by molar-refractivity contribution is -0.128. The monoisotopic (exact) mass is 140 g/mol. The van der Waals surface area contributed by atoms with Crippen molar-refractivity contribution >= 4 is 11.6 Å². The zero-order chi connectivity index (χ0) is 7.56. The number of Topliss-reactive ketones (excluding diaryl/α,β-unsaturated/α-hetero) is 2. The SMILES string of the molecule is CC(=O)[C@H]1CCCC(=O)C1. The molecule has 0 amide bonds. The number of carbonyl (C=O) groups excluding carboxylic acids is 2. The average molecular weight is 140 g/mol. The Hall–Kier alpha value is -0.660. The minimum Gasteiger partial charge on any atom is -0.300 e. The van der Waals surface area contributed by atoms with Crippen LogP contribution in [0.15, 0.2) is 0 Å². The number of hydrogen-bond donors (Lipinski definition) is 0. The fourth-order valence-electron chi connectivity index (χ4n) is 1.37. The van der Waals surface area contributed by atoms with Gasteiger partial charge in [-0.1, -0.05) is 0 Å². The van der Waals surface area contributed by atoms with E-state index in [-0.39, 0.29) is 17.5 Å². The van der Waals surface area contributed by atoms with E-state index < -0.39 is 0 Å². The molecule has 56 valence electrons. The molecule has 0 heterocycles. The normalized spacial score (nSPS) is 26.5. The molecule has 0 aromatic carbocycles. The van der Waals surface area contributed by atoms with Gasteiger partial charge in [-0.05, 0) is 19.8 Å². The van der Waals surface area contributed by atoms with Crippen LogP contribution in [0.1, 0.15) is 32.6 Å². The van der Waals surface area contributed by atoms with Crippen LogP contribution in [-0.4, -0.2) is 11.6 Å². The van der Waals surface area contributed by atoms with Crippen LogP contribution in [0.2, 0.25) is 0 Å². The van der Waals surface area contributed by atoms with Crippen LogP contribution in [0.25, 0.3) is 0 Å². The molecule has 1 atom stereocenters. The number of rotatable bonds is 1. The summed E-state index contributed by atoms with van der Waals surface area (Å²) in [4.78, 5) is 21.6. The second kappa shape index (κ2) is 2.95. The molecule has 1 rings (SSSR count). The van der Waals surface area contributed by atoms with E-state index in [1.54, 1.807) is 6.92 Å². The van der Waals surface area contributed by atoms with Gasteiger partial charge in [0, 0.05) is 18.8 Å². The van der Waals surface area contributed by atoms with E-state index in [4.69, 9.17) is 0 Å². The van der Waals surface area contributed by atoms with E-state index in [9.17, 15) is 9.59 Å². The highest BCUT2D eigenvalue weighted by molar-refractivity contribution is 5.87. The van der Waals surface area contributed by atoms with Crippen molar-refractivity contribution in [1.29, 1.82) is 0 Å². The maximum absolute atomic E-state index is 10.8. The second-order valence-corrected chi connectivity index (χ2v) is 2.94. The molecule has 0 saturated heterocycles. The van der Waals surface area contributed by atoms with Crippen LogP contribution in [0.5, 0.6) is 0 Å². The Morgan fingerprint density at radius 1 is 1.60 bits per heavy atom. The first kappa shape index (κ1) is 7.45. The van der Waals surface area contributed by atoms with Gasteiger partial charge in [0.25, 0.3) is 0 Å². The average Bonchev–Trinajstić information content (AvgIpc) is 1.88. The predicted molar refractivity (Wildman–Crippen MR) is 37.6 cm³/mol. The highest BCUT2D eigenvalue weighted by atomic mass is 16.1. The first-order chi connectivity index (χ1) is 4.70. The van der Waals surface area contributed by atoms with Crippen molar-refractivity contribution in [3.63, 3.8) is 0 Å². The summed E-state index contributed by atoms with van der Waals surface area (Å²) in [5.74, 6) is 0.473. The lowest BCUT2D eigenvalue weighted by Gasteiger charge is -2.17. The lowest BCUT2D eigenvalue weighted by atomic mass is 9.86. The molecule has 2 heteroatoms. The largest absolute Gasteiger partial charge is 0.300 e. The molecule has 0 spiro atoms. The van der Waals surface area contributed by atoms with Crippen LogP contribution in [-0.2, 0) is 9.59 Å². The molecular formula is C8H12O2. The van der Waals surface area contributed by atoms with Crippen molar-refractivity contribution in [3.05, 3.63) is 0 Å². The summed E-state index contributed by atoms with van der Waals surface area (Å²) in [5, 5.41) is 0. The van der Waals surface area contributed by atoms with Crippen LogP contribution < -0.4 is 0 Å². The smallest absolute Gasteiger partial charge is 0.133 e. The molecule has 10 heavy (non-hydrogen) atoms. The summed E-state index contributed by atoms with van der Waals surface area (Å²) in [6, 6.07) is 0. The molecule has 1 aliphatic carbocycles. The highest BCUT2D eigenvalue weighted by Crippen LogP contribution is 2.21. The molecule has 1 aliphatic rings. The maximum Gasteiger partial charge on any atom is 0.133 e. The standard InChI is InChI=1S/C8H12O2/c1-6(9)7-3-2-4-8(10)5-7/h7H,2-5H2,1H3/t7-/m0/s1. The van der Waals surface area contributed by atoms with E-state index in [2.05, 4.69) is 0 Å². The summed E-state index contributed by atoms with van der Waals surface area (Å²) in [6.07, 6.45) is 3.00. The summed E-state index contributed by atoms with van der Waals surface area (Å²) < 4.78 is 0. The molecule has 2 nitrogen and oxygen atoms in total.